The van der Waals surface area contributed by atoms with Gasteiger partial charge < -0.3 is 9.04 Å². The van der Waals surface area contributed by atoms with Crippen LogP contribution in [0.1, 0.15) is 51.9 Å². The van der Waals surface area contributed by atoms with Crippen LogP contribution >= 0.6 is 0 Å². The van der Waals surface area contributed by atoms with E-state index in [2.05, 4.69) is 21.1 Å². The number of nitrogens with zero attached hydrogens (tertiary/aromatic N) is 1. The van der Waals surface area contributed by atoms with Crippen molar-refractivity contribution in [1.82, 2.24) is 0 Å². The van der Waals surface area contributed by atoms with Crippen molar-refractivity contribution in [2.24, 2.45) is 0 Å². The van der Waals surface area contributed by atoms with E-state index in [-0.39, 0.29) is 5.75 Å². The lowest BCUT2D eigenvalue weighted by Gasteiger charge is -2.36. The fraction of sp³-hybridized carbons (Fsp3) is 1.00. The fourth-order valence-corrected chi connectivity index (χ4v) is 2.82. The van der Waals surface area contributed by atoms with Gasteiger partial charge in [0.05, 0.1) is 37.3 Å². The predicted molar refractivity (Wildman–Crippen MR) is 74.4 cm³/mol. The molecule has 1 aliphatic rings. The maximum Gasteiger partial charge on any atom is 0.0945 e. The van der Waals surface area contributed by atoms with Crippen molar-refractivity contribution in [1.29, 1.82) is 0 Å². The molecule has 0 aromatic rings. The van der Waals surface area contributed by atoms with Crippen molar-refractivity contribution in [3.8, 4) is 0 Å². The highest BCUT2D eigenvalue weighted by molar-refractivity contribution is 7.85. The lowest BCUT2D eigenvalue weighted by molar-refractivity contribution is -0.897. The second kappa shape index (κ2) is 8.12. The van der Waals surface area contributed by atoms with Gasteiger partial charge in [0.25, 0.3) is 0 Å². The zero-order valence-corrected chi connectivity index (χ0v) is 13.1. The molecule has 1 aliphatic carbocycles. The van der Waals surface area contributed by atoms with Crippen LogP contribution in [0.15, 0.2) is 0 Å². The van der Waals surface area contributed by atoms with Gasteiger partial charge in [-0.3, -0.25) is 0 Å². The zero-order valence-electron chi connectivity index (χ0n) is 12.3. The van der Waals surface area contributed by atoms with Crippen LogP contribution in [0, 0.1) is 0 Å². The molecule has 0 atom stereocenters. The minimum atomic E-state index is -3.94. The Morgan fingerprint density at radius 1 is 1.11 bits per heavy atom. The Hall–Kier alpha value is -0.130. The van der Waals surface area contributed by atoms with Crippen molar-refractivity contribution >= 4 is 10.1 Å². The predicted octanol–water partition coefficient (Wildman–Crippen LogP) is 2.36. The van der Waals surface area contributed by atoms with Crippen molar-refractivity contribution in [2.75, 3.05) is 26.9 Å². The average Bonchev–Trinajstić information content (AvgIpc) is 2.26. The first-order valence-corrected chi connectivity index (χ1v) is 8.49. The monoisotopic (exact) mass is 279 g/mol. The zero-order chi connectivity index (χ0) is 14.2. The van der Waals surface area contributed by atoms with Crippen LogP contribution in [-0.2, 0) is 10.1 Å². The minimum Gasteiger partial charge on any atom is -0.748 e. The van der Waals surface area contributed by atoms with Crippen molar-refractivity contribution in [3.05, 3.63) is 0 Å². The van der Waals surface area contributed by atoms with Crippen LogP contribution in [0.2, 0.25) is 0 Å². The van der Waals surface area contributed by atoms with Crippen molar-refractivity contribution < 1.29 is 17.5 Å². The Balaban J connectivity index is 0.000000331. The van der Waals surface area contributed by atoms with E-state index in [4.69, 9.17) is 0 Å². The van der Waals surface area contributed by atoms with Gasteiger partial charge in [0.2, 0.25) is 0 Å². The summed E-state index contributed by atoms with van der Waals surface area (Å²) in [5.41, 5.74) is 0. The highest BCUT2D eigenvalue weighted by Crippen LogP contribution is 2.23. The molecule has 0 aliphatic heterocycles. The Morgan fingerprint density at radius 2 is 1.61 bits per heavy atom. The third-order valence-corrected chi connectivity index (χ3v) is 4.21. The van der Waals surface area contributed by atoms with Gasteiger partial charge in [-0.05, 0) is 32.1 Å². The molecule has 0 spiro atoms. The number of unbranched alkanes of at least 4 members (excludes halogenated alkanes) is 1. The van der Waals surface area contributed by atoms with Gasteiger partial charge >= 0.3 is 0 Å². The highest BCUT2D eigenvalue weighted by Gasteiger charge is 2.24. The maximum absolute atomic E-state index is 9.83. The third kappa shape index (κ3) is 9.85. The molecule has 0 aromatic heterocycles. The van der Waals surface area contributed by atoms with E-state index in [1.807, 2.05) is 6.92 Å². The molecule has 0 saturated heterocycles. The second-order valence-corrected chi connectivity index (χ2v) is 7.55. The van der Waals surface area contributed by atoms with Gasteiger partial charge in [-0.1, -0.05) is 19.8 Å². The largest absolute Gasteiger partial charge is 0.748 e. The summed E-state index contributed by atoms with van der Waals surface area (Å²) in [7, 11) is 3.01. The van der Waals surface area contributed by atoms with Crippen LogP contribution < -0.4 is 0 Å². The standard InChI is InChI=1S/C9H20N.C4H10O3S/c1-10(2,3)9-7-5-4-6-8-9;1-2-3-4-8(5,6)7/h9H,4-8H2,1-3H3;2-4H2,1H3,(H,5,6,7)/q+1;/p-1. The molecule has 0 radical (unpaired) electrons. The van der Waals surface area contributed by atoms with E-state index < -0.39 is 10.1 Å². The van der Waals surface area contributed by atoms with Crippen molar-refractivity contribution in [3.63, 3.8) is 0 Å². The lowest BCUT2D eigenvalue weighted by atomic mass is 9.94. The second-order valence-electron chi connectivity index (χ2n) is 6.02. The SMILES string of the molecule is CCCCS(=O)(=O)[O-].C[N+](C)(C)C1CCCCC1. The lowest BCUT2D eigenvalue weighted by Crippen LogP contribution is -2.45. The first-order valence-electron chi connectivity index (χ1n) is 6.91. The molecule has 110 valence electrons. The van der Waals surface area contributed by atoms with E-state index in [1.165, 1.54) is 36.6 Å². The molecule has 0 amide bonds. The molecule has 0 unspecified atom stereocenters. The molecule has 0 aromatic carbocycles. The van der Waals surface area contributed by atoms with Crippen molar-refractivity contribution in [2.45, 2.75) is 57.9 Å². The summed E-state index contributed by atoms with van der Waals surface area (Å²) in [6.45, 7) is 1.84. The van der Waals surface area contributed by atoms with Crippen LogP contribution in [0.4, 0.5) is 0 Å². The van der Waals surface area contributed by atoms with Gasteiger partial charge in [0.1, 0.15) is 0 Å². The van der Waals surface area contributed by atoms with Gasteiger partial charge in [-0.2, -0.15) is 0 Å². The molecule has 0 bridgehead atoms. The van der Waals surface area contributed by atoms with Gasteiger partial charge in [-0.25, -0.2) is 8.42 Å². The molecule has 0 N–H and O–H groups in total. The number of hydrogen-bond donors (Lipinski definition) is 0. The van der Waals surface area contributed by atoms with E-state index in [0.717, 1.165) is 12.5 Å². The Labute approximate surface area is 113 Å². The van der Waals surface area contributed by atoms with Crippen LogP contribution in [0.25, 0.3) is 0 Å². The molecule has 4 nitrogen and oxygen atoms in total. The van der Waals surface area contributed by atoms with Crippen LogP contribution in [-0.4, -0.2) is 50.4 Å². The number of hydrogen-bond acceptors (Lipinski definition) is 3. The molecule has 0 heterocycles. The van der Waals surface area contributed by atoms with Gasteiger partial charge in [0, 0.05) is 5.75 Å². The fourth-order valence-electron chi connectivity index (χ4n) is 2.18. The quantitative estimate of drug-likeness (QED) is 0.586. The summed E-state index contributed by atoms with van der Waals surface area (Å²) in [5, 5.41) is 0. The molecule has 1 rings (SSSR count). The maximum atomic E-state index is 9.83. The normalized spacial score (nSPS) is 18.1. The molecule has 5 heteroatoms. The van der Waals surface area contributed by atoms with E-state index >= 15 is 0 Å². The smallest absolute Gasteiger partial charge is 0.0945 e. The number of quaternary nitrogens is 1. The van der Waals surface area contributed by atoms with Crippen LogP contribution in [0.3, 0.4) is 0 Å². The van der Waals surface area contributed by atoms with E-state index in [9.17, 15) is 13.0 Å². The summed E-state index contributed by atoms with van der Waals surface area (Å²) in [6.07, 6.45) is 8.51. The van der Waals surface area contributed by atoms with Gasteiger partial charge in [-0.15, -0.1) is 0 Å². The molecular formula is C13H29NO3S. The minimum absolute atomic E-state index is 0.219. The summed E-state index contributed by atoms with van der Waals surface area (Å²) < 4.78 is 30.7. The summed E-state index contributed by atoms with van der Waals surface area (Å²) in [5.74, 6) is -0.219. The van der Waals surface area contributed by atoms with Gasteiger partial charge in [0.15, 0.2) is 0 Å². The third-order valence-electron chi connectivity index (χ3n) is 3.42. The van der Waals surface area contributed by atoms with E-state index in [1.54, 1.807) is 0 Å². The topological polar surface area (TPSA) is 57.2 Å². The molecule has 1 saturated carbocycles. The Kier molecular flexibility index (Phi) is 8.06. The number of rotatable bonds is 4. The molecule has 18 heavy (non-hydrogen) atoms. The Morgan fingerprint density at radius 3 is 1.83 bits per heavy atom. The average molecular weight is 279 g/mol. The summed E-state index contributed by atoms with van der Waals surface area (Å²) in [6, 6.07) is 0.939. The van der Waals surface area contributed by atoms with E-state index in [0.29, 0.717) is 6.42 Å². The van der Waals surface area contributed by atoms with Crippen LogP contribution in [0.5, 0.6) is 0 Å². The summed E-state index contributed by atoms with van der Waals surface area (Å²) in [4.78, 5) is 0. The highest BCUT2D eigenvalue weighted by atomic mass is 32.2. The first kappa shape index (κ1) is 17.9. The first-order chi connectivity index (χ1) is 8.17. The Bertz CT molecular complexity index is 301. The molecule has 1 fully saturated rings. The summed E-state index contributed by atoms with van der Waals surface area (Å²) >= 11 is 0. The molecular weight excluding hydrogens is 250 g/mol.